The molecule has 15 heteroatoms. The van der Waals surface area contributed by atoms with Gasteiger partial charge in [-0.2, -0.15) is 23.1 Å². The van der Waals surface area contributed by atoms with Gasteiger partial charge in [-0.3, -0.25) is 4.90 Å². The molecule has 0 bridgehead atoms. The monoisotopic (exact) mass is 637 g/mol. The van der Waals surface area contributed by atoms with Crippen LogP contribution in [0.5, 0.6) is 6.01 Å². The molecule has 7 rings (SSSR count). The van der Waals surface area contributed by atoms with E-state index in [-0.39, 0.29) is 62.7 Å². The van der Waals surface area contributed by atoms with Crippen LogP contribution in [0.1, 0.15) is 31.7 Å². The van der Waals surface area contributed by atoms with E-state index in [1.807, 2.05) is 11.8 Å². The second kappa shape index (κ2) is 10.6. The van der Waals surface area contributed by atoms with E-state index >= 15 is 4.39 Å². The molecule has 234 valence electrons. The van der Waals surface area contributed by atoms with E-state index in [9.17, 15) is 22.0 Å². The zero-order valence-corrected chi connectivity index (χ0v) is 24.5. The van der Waals surface area contributed by atoms with Crippen LogP contribution in [-0.2, 0) is 6.18 Å². The third kappa shape index (κ3) is 4.88. The number of benzene rings is 2. The lowest BCUT2D eigenvalue weighted by Crippen LogP contribution is -2.49. The van der Waals surface area contributed by atoms with Crippen molar-refractivity contribution in [2.45, 2.75) is 50.1 Å². The molecule has 0 spiro atoms. The van der Waals surface area contributed by atoms with Crippen LogP contribution in [0.2, 0.25) is 0 Å². The average molecular weight is 638 g/mol. The molecule has 2 aromatic carbocycles. The van der Waals surface area contributed by atoms with Gasteiger partial charge in [0, 0.05) is 55.2 Å². The fourth-order valence-electron chi connectivity index (χ4n) is 6.95. The summed E-state index contributed by atoms with van der Waals surface area (Å²) >= 11 is 0.759. The Morgan fingerprint density at radius 2 is 1.95 bits per heavy atom. The van der Waals surface area contributed by atoms with Crippen LogP contribution in [0.4, 0.5) is 37.3 Å². The summed E-state index contributed by atoms with van der Waals surface area (Å²) in [7, 11) is 0. The van der Waals surface area contributed by atoms with Crippen molar-refractivity contribution >= 4 is 43.4 Å². The van der Waals surface area contributed by atoms with Crippen LogP contribution < -0.4 is 20.7 Å². The highest BCUT2D eigenvalue weighted by Gasteiger charge is 2.49. The van der Waals surface area contributed by atoms with Crippen molar-refractivity contribution in [3.63, 3.8) is 0 Å². The summed E-state index contributed by atoms with van der Waals surface area (Å²) in [5.74, 6) is -1.90. The number of thiazole rings is 1. The number of halogens is 6. The summed E-state index contributed by atoms with van der Waals surface area (Å²) in [6.07, 6.45) is -4.11. The predicted molar refractivity (Wildman–Crippen MR) is 156 cm³/mol. The lowest BCUT2D eigenvalue weighted by molar-refractivity contribution is -0.137. The van der Waals surface area contributed by atoms with Crippen molar-refractivity contribution in [2.75, 3.05) is 50.0 Å². The Morgan fingerprint density at radius 3 is 2.73 bits per heavy atom. The first kappa shape index (κ1) is 29.3. The third-order valence-electron chi connectivity index (χ3n) is 8.88. The van der Waals surface area contributed by atoms with E-state index in [1.165, 1.54) is 0 Å². The summed E-state index contributed by atoms with van der Waals surface area (Å²) in [5, 5.41) is 3.07. The number of nitrogens with two attached hydrogens (primary N) is 1. The molecule has 3 N–H and O–H groups in total. The van der Waals surface area contributed by atoms with Crippen LogP contribution in [0, 0.1) is 11.6 Å². The van der Waals surface area contributed by atoms with Gasteiger partial charge >= 0.3 is 12.2 Å². The normalized spacial score (nSPS) is 24.5. The molecule has 0 amide bonds. The van der Waals surface area contributed by atoms with Gasteiger partial charge in [-0.15, -0.1) is 0 Å². The highest BCUT2D eigenvalue weighted by Crippen LogP contribution is 2.46. The van der Waals surface area contributed by atoms with Crippen LogP contribution in [0.15, 0.2) is 18.2 Å². The largest absolute Gasteiger partial charge is 0.461 e. The summed E-state index contributed by atoms with van der Waals surface area (Å²) in [4.78, 5) is 16.7. The number of alkyl halides is 4. The molecule has 5 heterocycles. The molecule has 0 radical (unpaired) electrons. The number of hydrogen-bond acceptors (Lipinski definition) is 9. The molecule has 8 nitrogen and oxygen atoms in total. The van der Waals surface area contributed by atoms with E-state index in [1.54, 1.807) is 4.90 Å². The van der Waals surface area contributed by atoms with Crippen LogP contribution in [-0.4, -0.2) is 76.9 Å². The fraction of sp³-hybridized carbons (Fsp3) is 0.483. The molecule has 3 aliphatic heterocycles. The standard InChI is InChI=1S/C29H29F6N7OS/c1-14-11-41(8-6-37-14)25-17-9-18(29(33,34)35)20(16-3-4-19(31)24-23(16)38-26(36)44-24)21(32)22(17)39-27(40-25)43-13-28-5-2-7-42(28)12-15(30)10-28/h3-4,9,14-15,37H,2,5-8,10-13H2,1H3,(H2,36,38). The summed E-state index contributed by atoms with van der Waals surface area (Å²) in [6.45, 7) is 4.35. The number of ether oxygens (including phenoxy) is 1. The molecule has 44 heavy (non-hydrogen) atoms. The van der Waals surface area contributed by atoms with Gasteiger partial charge in [0.25, 0.3) is 0 Å². The molecule has 0 aliphatic carbocycles. The molecule has 3 saturated heterocycles. The van der Waals surface area contributed by atoms with E-state index in [2.05, 4.69) is 20.3 Å². The molecular weight excluding hydrogens is 608 g/mol. The molecule has 4 aromatic rings. The lowest BCUT2D eigenvalue weighted by atomic mass is 9.95. The number of piperazine rings is 1. The molecule has 3 atom stereocenters. The minimum Gasteiger partial charge on any atom is -0.461 e. The lowest BCUT2D eigenvalue weighted by Gasteiger charge is -2.34. The van der Waals surface area contributed by atoms with Gasteiger partial charge < -0.3 is 20.7 Å². The smallest absolute Gasteiger partial charge is 0.417 e. The second-order valence-electron chi connectivity index (χ2n) is 11.8. The number of nitrogen functional groups attached to an aromatic ring is 1. The van der Waals surface area contributed by atoms with Crippen molar-refractivity contribution in [1.82, 2.24) is 25.2 Å². The minimum atomic E-state index is -4.99. The predicted octanol–water partition coefficient (Wildman–Crippen LogP) is 5.54. The molecule has 2 aromatic heterocycles. The second-order valence-corrected chi connectivity index (χ2v) is 12.9. The topological polar surface area (TPSA) is 92.4 Å². The highest BCUT2D eigenvalue weighted by molar-refractivity contribution is 7.22. The first-order valence-electron chi connectivity index (χ1n) is 14.4. The van der Waals surface area contributed by atoms with Gasteiger partial charge in [0.15, 0.2) is 10.9 Å². The van der Waals surface area contributed by atoms with E-state index in [0.29, 0.717) is 32.6 Å². The van der Waals surface area contributed by atoms with E-state index in [0.717, 1.165) is 42.5 Å². The highest BCUT2D eigenvalue weighted by atomic mass is 32.1. The summed E-state index contributed by atoms with van der Waals surface area (Å²) in [6, 6.07) is 2.64. The summed E-state index contributed by atoms with van der Waals surface area (Å²) in [5.41, 5.74) is 2.31. The maximum Gasteiger partial charge on any atom is 0.417 e. The Kier molecular flexibility index (Phi) is 7.05. The number of fused-ring (bicyclic) bond motifs is 3. The van der Waals surface area contributed by atoms with Gasteiger partial charge in [0.05, 0.1) is 21.3 Å². The Hall–Kier alpha value is -3.43. The number of hydrogen-bond donors (Lipinski definition) is 2. The van der Waals surface area contributed by atoms with Crippen molar-refractivity contribution in [3.8, 4) is 17.1 Å². The van der Waals surface area contributed by atoms with E-state index in [4.69, 9.17) is 10.5 Å². The molecule has 3 aliphatic rings. The Balaban J connectivity index is 1.43. The third-order valence-corrected chi connectivity index (χ3v) is 9.77. The Labute approximate surface area is 252 Å². The number of nitrogens with zero attached hydrogens (tertiary/aromatic N) is 5. The summed E-state index contributed by atoms with van der Waals surface area (Å²) < 4.78 is 95.7. The number of aromatic nitrogens is 3. The zero-order chi connectivity index (χ0) is 31.0. The van der Waals surface area contributed by atoms with Crippen molar-refractivity contribution in [2.24, 2.45) is 0 Å². The first-order valence-corrected chi connectivity index (χ1v) is 15.2. The van der Waals surface area contributed by atoms with Crippen LogP contribution in [0.25, 0.3) is 32.2 Å². The average Bonchev–Trinajstić information content (AvgIpc) is 3.63. The van der Waals surface area contributed by atoms with Crippen molar-refractivity contribution < 1.29 is 31.1 Å². The SMILES string of the molecule is CC1CN(c2nc(OCC34CCCN3CC(F)C4)nc3c(F)c(-c4ccc(F)c5sc(N)nc45)c(C(F)(F)F)cc23)CCN1. The first-order chi connectivity index (χ1) is 20.9. The van der Waals surface area contributed by atoms with Gasteiger partial charge in [-0.1, -0.05) is 11.3 Å². The van der Waals surface area contributed by atoms with Crippen molar-refractivity contribution in [1.29, 1.82) is 0 Å². The van der Waals surface area contributed by atoms with Gasteiger partial charge in [0.2, 0.25) is 0 Å². The Bertz CT molecular complexity index is 1770. The fourth-order valence-corrected chi connectivity index (χ4v) is 7.71. The number of rotatable bonds is 5. The van der Waals surface area contributed by atoms with E-state index < -0.39 is 40.6 Å². The maximum absolute atomic E-state index is 16.7. The zero-order valence-electron chi connectivity index (χ0n) is 23.6. The minimum absolute atomic E-state index is 0.0159. The van der Waals surface area contributed by atoms with Gasteiger partial charge in [-0.25, -0.2) is 18.2 Å². The van der Waals surface area contributed by atoms with Crippen molar-refractivity contribution in [3.05, 3.63) is 35.4 Å². The molecular formula is C29H29F6N7OS. The van der Waals surface area contributed by atoms with Gasteiger partial charge in [0.1, 0.15) is 29.9 Å². The van der Waals surface area contributed by atoms with Gasteiger partial charge in [-0.05, 0) is 44.5 Å². The van der Waals surface area contributed by atoms with Crippen LogP contribution >= 0.6 is 11.3 Å². The molecule has 3 unspecified atom stereocenters. The maximum atomic E-state index is 16.7. The number of anilines is 2. The quantitative estimate of drug-likeness (QED) is 0.276. The van der Waals surface area contributed by atoms with Crippen LogP contribution in [0.3, 0.4) is 0 Å². The molecule has 0 saturated carbocycles. The Morgan fingerprint density at radius 1 is 1.14 bits per heavy atom. The molecule has 3 fully saturated rings. The number of nitrogens with one attached hydrogen (secondary N) is 1.